The van der Waals surface area contributed by atoms with Crippen molar-refractivity contribution in [3.63, 3.8) is 0 Å². The van der Waals surface area contributed by atoms with E-state index in [1.807, 2.05) is 0 Å². The summed E-state index contributed by atoms with van der Waals surface area (Å²) < 4.78 is 32.1. The van der Waals surface area contributed by atoms with Gasteiger partial charge in [0.25, 0.3) is 0 Å². The summed E-state index contributed by atoms with van der Waals surface area (Å²) in [5, 5.41) is 7.01. The van der Waals surface area contributed by atoms with Crippen LogP contribution in [0.25, 0.3) is 0 Å². The normalized spacial score (nSPS) is 10.9. The molecule has 0 spiro atoms. The number of benzene rings is 1. The number of hydrogen-bond donors (Lipinski definition) is 2. The van der Waals surface area contributed by atoms with Gasteiger partial charge in [-0.15, -0.1) is 0 Å². The molecule has 1 aromatic heterocycles. The third kappa shape index (κ3) is 4.48. The fraction of sp³-hybridized carbons (Fsp3) is 0.267. The standard InChI is InChI=1S/C15H16ClN3O3S/c1-11-15(12(2)19-18-11)23(20,21)17-9-5-6-10-22-14-8-4-3-7-13(14)16/h3-4,7-8,17H,9-10H2,1-2H3,(H,18,19). The highest BCUT2D eigenvalue weighted by atomic mass is 35.5. The summed E-state index contributed by atoms with van der Waals surface area (Å²) in [6.45, 7) is 3.38. The van der Waals surface area contributed by atoms with E-state index in [2.05, 4.69) is 26.8 Å². The third-order valence-electron chi connectivity index (χ3n) is 2.94. The third-order valence-corrected chi connectivity index (χ3v) is 4.92. The molecule has 0 aliphatic rings. The van der Waals surface area contributed by atoms with Crippen LogP contribution in [0.1, 0.15) is 11.4 Å². The molecule has 0 radical (unpaired) electrons. The van der Waals surface area contributed by atoms with E-state index >= 15 is 0 Å². The van der Waals surface area contributed by atoms with Crippen molar-refractivity contribution in [1.82, 2.24) is 14.9 Å². The monoisotopic (exact) mass is 353 g/mol. The molecule has 0 bridgehead atoms. The highest BCUT2D eigenvalue weighted by molar-refractivity contribution is 7.89. The second-order valence-electron chi connectivity index (χ2n) is 4.66. The van der Waals surface area contributed by atoms with Gasteiger partial charge in [-0.25, -0.2) is 8.42 Å². The molecular weight excluding hydrogens is 338 g/mol. The fourth-order valence-electron chi connectivity index (χ4n) is 1.93. The Morgan fingerprint density at radius 2 is 2.04 bits per heavy atom. The minimum atomic E-state index is -3.63. The quantitative estimate of drug-likeness (QED) is 0.806. The molecule has 8 heteroatoms. The topological polar surface area (TPSA) is 84.1 Å². The van der Waals surface area contributed by atoms with Crippen molar-refractivity contribution < 1.29 is 13.2 Å². The Morgan fingerprint density at radius 1 is 1.30 bits per heavy atom. The zero-order chi connectivity index (χ0) is 16.9. The van der Waals surface area contributed by atoms with Crippen molar-refractivity contribution in [3.8, 4) is 17.6 Å². The molecule has 6 nitrogen and oxygen atoms in total. The van der Waals surface area contributed by atoms with Crippen LogP contribution in [0.15, 0.2) is 29.2 Å². The summed E-state index contributed by atoms with van der Waals surface area (Å²) in [5.41, 5.74) is 0.912. The van der Waals surface area contributed by atoms with Gasteiger partial charge in [-0.2, -0.15) is 9.82 Å². The van der Waals surface area contributed by atoms with Crippen LogP contribution in [0.4, 0.5) is 0 Å². The maximum Gasteiger partial charge on any atom is 0.245 e. The minimum absolute atomic E-state index is 0.0156. The molecule has 122 valence electrons. The molecule has 0 saturated heterocycles. The number of aromatic nitrogens is 2. The molecule has 23 heavy (non-hydrogen) atoms. The first-order valence-corrected chi connectivity index (χ1v) is 8.62. The number of rotatable bonds is 5. The summed E-state index contributed by atoms with van der Waals surface area (Å²) >= 11 is 5.94. The smallest absolute Gasteiger partial charge is 0.245 e. The number of para-hydroxylation sites is 1. The Morgan fingerprint density at radius 3 is 2.70 bits per heavy atom. The van der Waals surface area contributed by atoms with E-state index in [4.69, 9.17) is 16.3 Å². The van der Waals surface area contributed by atoms with Crippen LogP contribution in [0.2, 0.25) is 5.02 Å². The lowest BCUT2D eigenvalue weighted by Gasteiger charge is -2.04. The fourth-order valence-corrected chi connectivity index (χ4v) is 3.41. The number of sulfonamides is 1. The Balaban J connectivity index is 1.87. The van der Waals surface area contributed by atoms with Crippen molar-refractivity contribution in [2.45, 2.75) is 18.7 Å². The Kier molecular flexibility index (Phi) is 5.66. The van der Waals surface area contributed by atoms with Crippen molar-refractivity contribution >= 4 is 21.6 Å². The number of aryl methyl sites for hydroxylation is 2. The number of nitrogens with one attached hydrogen (secondary N) is 2. The number of nitrogens with zero attached hydrogens (tertiary/aromatic N) is 1. The second-order valence-corrected chi connectivity index (χ2v) is 6.77. The highest BCUT2D eigenvalue weighted by Gasteiger charge is 2.21. The summed E-state index contributed by atoms with van der Waals surface area (Å²) in [6.07, 6.45) is 0. The molecule has 0 aliphatic carbocycles. The van der Waals surface area contributed by atoms with Crippen molar-refractivity contribution in [1.29, 1.82) is 0 Å². The van der Waals surface area contributed by atoms with E-state index in [1.54, 1.807) is 38.1 Å². The lowest BCUT2D eigenvalue weighted by Crippen LogP contribution is -2.25. The zero-order valence-electron chi connectivity index (χ0n) is 12.7. The van der Waals surface area contributed by atoms with Crippen LogP contribution in [-0.2, 0) is 10.0 Å². The number of ether oxygens (including phenoxy) is 1. The second kappa shape index (κ2) is 7.51. The summed E-state index contributed by atoms with van der Waals surface area (Å²) in [6, 6.07) is 7.05. The van der Waals surface area contributed by atoms with Crippen molar-refractivity contribution in [2.24, 2.45) is 0 Å². The van der Waals surface area contributed by atoms with Gasteiger partial charge in [0.15, 0.2) is 0 Å². The number of hydrogen-bond acceptors (Lipinski definition) is 4. The average Bonchev–Trinajstić information content (AvgIpc) is 2.84. The molecule has 1 heterocycles. The summed E-state index contributed by atoms with van der Waals surface area (Å²) in [4.78, 5) is 0.159. The van der Waals surface area contributed by atoms with Crippen LogP contribution >= 0.6 is 11.6 Å². The van der Waals surface area contributed by atoms with Crippen LogP contribution in [0.5, 0.6) is 5.75 Å². The first kappa shape index (κ1) is 17.3. The molecular formula is C15H16ClN3O3S. The Bertz CT molecular complexity index is 831. The molecule has 1 aromatic carbocycles. The lowest BCUT2D eigenvalue weighted by atomic mass is 10.3. The number of aromatic amines is 1. The maximum atomic E-state index is 12.1. The molecule has 0 fully saturated rings. The van der Waals surface area contributed by atoms with Crippen LogP contribution in [0, 0.1) is 25.7 Å². The molecule has 0 saturated carbocycles. The van der Waals surface area contributed by atoms with Crippen LogP contribution in [-0.4, -0.2) is 31.8 Å². The Labute approximate surface area is 140 Å². The largest absolute Gasteiger partial charge is 0.479 e. The van der Waals surface area contributed by atoms with Crippen molar-refractivity contribution in [3.05, 3.63) is 40.7 Å². The van der Waals surface area contributed by atoms with E-state index in [1.165, 1.54) is 0 Å². The highest BCUT2D eigenvalue weighted by Crippen LogP contribution is 2.22. The summed E-state index contributed by atoms with van der Waals surface area (Å²) in [7, 11) is -3.63. The van der Waals surface area contributed by atoms with Gasteiger partial charge < -0.3 is 4.74 Å². The van der Waals surface area contributed by atoms with Gasteiger partial charge in [-0.3, -0.25) is 5.10 Å². The van der Waals surface area contributed by atoms with Gasteiger partial charge >= 0.3 is 0 Å². The first-order valence-electron chi connectivity index (χ1n) is 6.76. The zero-order valence-corrected chi connectivity index (χ0v) is 14.3. The van der Waals surface area contributed by atoms with Gasteiger partial charge in [-0.05, 0) is 26.0 Å². The van der Waals surface area contributed by atoms with Crippen molar-refractivity contribution in [2.75, 3.05) is 13.2 Å². The molecule has 0 atom stereocenters. The maximum absolute atomic E-state index is 12.1. The molecule has 2 aromatic rings. The Hall–Kier alpha value is -2.01. The number of H-pyrrole nitrogens is 1. The van der Waals surface area contributed by atoms with Gasteiger partial charge in [0, 0.05) is 0 Å². The molecule has 0 aliphatic heterocycles. The summed E-state index contributed by atoms with van der Waals surface area (Å²) in [5.74, 6) is 5.96. The van der Waals surface area contributed by atoms with E-state index in [0.29, 0.717) is 22.2 Å². The first-order chi connectivity index (χ1) is 10.9. The SMILES string of the molecule is Cc1n[nH]c(C)c1S(=O)(=O)NCC#CCOc1ccccc1Cl. The molecule has 0 unspecified atom stereocenters. The molecule has 2 rings (SSSR count). The average molecular weight is 354 g/mol. The van der Waals surface area contributed by atoms with E-state index < -0.39 is 10.0 Å². The lowest BCUT2D eigenvalue weighted by molar-refractivity contribution is 0.370. The number of halogens is 1. The molecule has 0 amide bonds. The predicted octanol–water partition coefficient (Wildman–Crippen LogP) is 2.04. The molecule has 2 N–H and O–H groups in total. The van der Waals surface area contributed by atoms with E-state index in [0.717, 1.165) is 0 Å². The van der Waals surface area contributed by atoms with Gasteiger partial charge in [0.05, 0.1) is 23.0 Å². The van der Waals surface area contributed by atoms with E-state index in [9.17, 15) is 8.42 Å². The van der Waals surface area contributed by atoms with Crippen LogP contribution in [0.3, 0.4) is 0 Å². The predicted molar refractivity (Wildman–Crippen MR) is 88.0 cm³/mol. The van der Waals surface area contributed by atoms with Gasteiger partial charge in [0.1, 0.15) is 17.3 Å². The minimum Gasteiger partial charge on any atom is -0.479 e. The van der Waals surface area contributed by atoms with Gasteiger partial charge in [-0.1, -0.05) is 35.6 Å². The van der Waals surface area contributed by atoms with E-state index in [-0.39, 0.29) is 18.0 Å². The van der Waals surface area contributed by atoms with Crippen LogP contribution < -0.4 is 9.46 Å². The van der Waals surface area contributed by atoms with Gasteiger partial charge in [0.2, 0.25) is 10.0 Å².